The Bertz CT molecular complexity index is 1760. The molecule has 41 heavy (non-hydrogen) atoms. The Morgan fingerprint density at radius 2 is 1.71 bits per heavy atom. The molecule has 5 aromatic rings. The number of hydrogen-bond acceptors (Lipinski definition) is 7. The second-order valence-corrected chi connectivity index (χ2v) is 10.5. The molecule has 1 N–H and O–H groups in total. The van der Waals surface area contributed by atoms with Crippen LogP contribution < -0.4 is 11.2 Å². The summed E-state index contributed by atoms with van der Waals surface area (Å²) in [7, 11) is 1.57. The number of methoxy groups -OCH3 is 1. The summed E-state index contributed by atoms with van der Waals surface area (Å²) in [4.78, 5) is 32.1. The molecule has 0 saturated heterocycles. The van der Waals surface area contributed by atoms with E-state index >= 15 is 0 Å². The van der Waals surface area contributed by atoms with Crippen LogP contribution in [0.15, 0.2) is 58.1 Å². The molecule has 1 fully saturated rings. The second-order valence-electron chi connectivity index (χ2n) is 10.5. The largest absolute Gasteiger partial charge is 0.383 e. The van der Waals surface area contributed by atoms with Crippen LogP contribution in [0.2, 0.25) is 0 Å². The van der Waals surface area contributed by atoms with Crippen molar-refractivity contribution in [3.63, 3.8) is 0 Å². The highest BCUT2D eigenvalue weighted by Gasteiger charge is 2.27. The molecular weight excluding hydrogens is 520 g/mol. The Balaban J connectivity index is 1.45. The summed E-state index contributed by atoms with van der Waals surface area (Å²) in [6.45, 7) is 3.30. The van der Waals surface area contributed by atoms with Crippen molar-refractivity contribution in [3.8, 4) is 22.5 Å². The zero-order chi connectivity index (χ0) is 28.3. The molecule has 1 saturated carbocycles. The Labute approximate surface area is 236 Å². The van der Waals surface area contributed by atoms with Crippen LogP contribution in [-0.4, -0.2) is 53.0 Å². The van der Waals surface area contributed by atoms with Crippen molar-refractivity contribution in [2.75, 3.05) is 13.7 Å². The van der Waals surface area contributed by atoms with Crippen molar-refractivity contribution in [3.05, 3.63) is 80.8 Å². The van der Waals surface area contributed by atoms with Crippen LogP contribution in [0, 0.1) is 0 Å². The summed E-state index contributed by atoms with van der Waals surface area (Å²) in [6.07, 6.45) is 5.56. The molecule has 0 radical (unpaired) electrons. The lowest BCUT2D eigenvalue weighted by molar-refractivity contribution is 0.184. The van der Waals surface area contributed by atoms with Gasteiger partial charge in [-0.3, -0.25) is 13.9 Å². The van der Waals surface area contributed by atoms with Crippen LogP contribution in [0.4, 0.5) is 0 Å². The standard InChI is InChI=1S/C30H34N8O3/c1-3-36-28-25(29(39)37(30(36)40)17-18-41-2)38(27(31-28)22-9-5-4-6-10-22)19-20-13-15-21(16-14-20)23-11-7-8-12-24(23)26-32-34-35-33-26/h7-8,11-16,22H,3-6,9-10,17-19H2,1-2H3,(H,32,33,34,35). The predicted molar refractivity (Wildman–Crippen MR) is 156 cm³/mol. The highest BCUT2D eigenvalue weighted by atomic mass is 16.5. The number of imidazole rings is 1. The van der Waals surface area contributed by atoms with Gasteiger partial charge in [-0.05, 0) is 46.9 Å². The molecule has 11 nitrogen and oxygen atoms in total. The Hall–Kier alpha value is -4.38. The van der Waals surface area contributed by atoms with Crippen LogP contribution >= 0.6 is 0 Å². The van der Waals surface area contributed by atoms with E-state index in [1.165, 1.54) is 11.0 Å². The summed E-state index contributed by atoms with van der Waals surface area (Å²) < 4.78 is 10.2. The average molecular weight is 555 g/mol. The van der Waals surface area contributed by atoms with Crippen molar-refractivity contribution in [2.45, 2.75) is 64.6 Å². The third kappa shape index (κ3) is 5.01. The highest BCUT2D eigenvalue weighted by molar-refractivity contribution is 5.80. The number of H-pyrrole nitrogens is 1. The van der Waals surface area contributed by atoms with E-state index in [1.54, 1.807) is 11.7 Å². The average Bonchev–Trinajstić information content (AvgIpc) is 3.68. The lowest BCUT2D eigenvalue weighted by atomic mass is 9.88. The van der Waals surface area contributed by atoms with E-state index in [2.05, 4.69) is 49.5 Å². The summed E-state index contributed by atoms with van der Waals surface area (Å²) in [5.74, 6) is 1.76. The monoisotopic (exact) mass is 554 g/mol. The Kier molecular flexibility index (Phi) is 7.60. The van der Waals surface area contributed by atoms with Gasteiger partial charge in [0, 0.05) is 31.7 Å². The van der Waals surface area contributed by atoms with E-state index in [0.717, 1.165) is 53.8 Å². The number of rotatable bonds is 9. The number of nitrogens with one attached hydrogen (secondary N) is 1. The van der Waals surface area contributed by atoms with E-state index in [4.69, 9.17) is 9.72 Å². The van der Waals surface area contributed by atoms with E-state index in [9.17, 15) is 9.59 Å². The second kappa shape index (κ2) is 11.6. The maximum absolute atomic E-state index is 13.8. The lowest BCUT2D eigenvalue weighted by Crippen LogP contribution is -2.41. The van der Waals surface area contributed by atoms with E-state index in [0.29, 0.717) is 30.1 Å². The van der Waals surface area contributed by atoms with Gasteiger partial charge in [0.1, 0.15) is 5.82 Å². The van der Waals surface area contributed by atoms with Gasteiger partial charge in [0.05, 0.1) is 13.2 Å². The van der Waals surface area contributed by atoms with Gasteiger partial charge in [0.2, 0.25) is 0 Å². The summed E-state index contributed by atoms with van der Waals surface area (Å²) in [5, 5.41) is 14.4. The molecule has 3 heterocycles. The highest BCUT2D eigenvalue weighted by Crippen LogP contribution is 2.34. The zero-order valence-electron chi connectivity index (χ0n) is 23.4. The molecule has 0 unspecified atom stereocenters. The van der Waals surface area contributed by atoms with Crippen LogP contribution in [0.3, 0.4) is 0 Å². The van der Waals surface area contributed by atoms with Crippen molar-refractivity contribution in [2.24, 2.45) is 0 Å². The van der Waals surface area contributed by atoms with Crippen LogP contribution in [0.25, 0.3) is 33.7 Å². The van der Waals surface area contributed by atoms with Gasteiger partial charge in [0.25, 0.3) is 5.56 Å². The third-order valence-electron chi connectivity index (χ3n) is 8.08. The molecule has 212 valence electrons. The fraction of sp³-hybridized carbons (Fsp3) is 0.400. The Morgan fingerprint density at radius 1 is 0.951 bits per heavy atom. The van der Waals surface area contributed by atoms with Gasteiger partial charge in [-0.15, -0.1) is 5.10 Å². The summed E-state index contributed by atoms with van der Waals surface area (Å²) in [6, 6.07) is 16.3. The van der Waals surface area contributed by atoms with Gasteiger partial charge < -0.3 is 9.30 Å². The number of aromatic nitrogens is 8. The molecule has 1 aliphatic carbocycles. The Morgan fingerprint density at radius 3 is 2.39 bits per heavy atom. The number of benzene rings is 2. The van der Waals surface area contributed by atoms with Gasteiger partial charge >= 0.3 is 5.69 Å². The van der Waals surface area contributed by atoms with E-state index in [-0.39, 0.29) is 30.3 Å². The molecule has 0 bridgehead atoms. The molecule has 0 spiro atoms. The topological polar surface area (TPSA) is 126 Å². The summed E-state index contributed by atoms with van der Waals surface area (Å²) in [5.41, 5.74) is 4.31. The minimum atomic E-state index is -0.341. The minimum Gasteiger partial charge on any atom is -0.383 e. The van der Waals surface area contributed by atoms with Crippen molar-refractivity contribution in [1.82, 2.24) is 39.3 Å². The summed E-state index contributed by atoms with van der Waals surface area (Å²) >= 11 is 0. The molecule has 0 amide bonds. The third-order valence-corrected chi connectivity index (χ3v) is 8.08. The van der Waals surface area contributed by atoms with Gasteiger partial charge in [0.15, 0.2) is 17.0 Å². The number of ether oxygens (including phenoxy) is 1. The minimum absolute atomic E-state index is 0.197. The fourth-order valence-electron chi connectivity index (χ4n) is 5.99. The molecule has 3 aromatic heterocycles. The zero-order valence-corrected chi connectivity index (χ0v) is 23.4. The molecule has 1 aliphatic rings. The molecule has 0 atom stereocenters. The maximum Gasteiger partial charge on any atom is 0.332 e. The first-order valence-electron chi connectivity index (χ1n) is 14.3. The number of aryl methyl sites for hydroxylation is 1. The molecule has 11 heteroatoms. The predicted octanol–water partition coefficient (Wildman–Crippen LogP) is 3.97. The molecule has 2 aromatic carbocycles. The molecule has 6 rings (SSSR count). The first-order valence-corrected chi connectivity index (χ1v) is 14.3. The van der Waals surface area contributed by atoms with E-state index in [1.807, 2.05) is 31.2 Å². The normalized spacial score (nSPS) is 14.2. The van der Waals surface area contributed by atoms with Crippen molar-refractivity contribution in [1.29, 1.82) is 0 Å². The molecule has 0 aliphatic heterocycles. The van der Waals surface area contributed by atoms with Gasteiger partial charge in [-0.2, -0.15) is 0 Å². The first kappa shape index (κ1) is 26.8. The lowest BCUT2D eigenvalue weighted by Gasteiger charge is -2.22. The van der Waals surface area contributed by atoms with Crippen LogP contribution in [0.1, 0.15) is 56.3 Å². The van der Waals surface area contributed by atoms with Gasteiger partial charge in [-0.25, -0.2) is 14.9 Å². The number of tetrazole rings is 1. The fourth-order valence-corrected chi connectivity index (χ4v) is 5.99. The van der Waals surface area contributed by atoms with Gasteiger partial charge in [-0.1, -0.05) is 67.8 Å². The number of aromatic amines is 1. The quantitative estimate of drug-likeness (QED) is 0.292. The van der Waals surface area contributed by atoms with Crippen molar-refractivity contribution < 1.29 is 4.74 Å². The number of hydrogen-bond donors (Lipinski definition) is 1. The van der Waals surface area contributed by atoms with Crippen LogP contribution in [-0.2, 0) is 24.4 Å². The number of nitrogens with zero attached hydrogens (tertiary/aromatic N) is 7. The van der Waals surface area contributed by atoms with Crippen LogP contribution in [0.5, 0.6) is 0 Å². The maximum atomic E-state index is 13.8. The first-order chi connectivity index (χ1) is 20.1. The van der Waals surface area contributed by atoms with E-state index < -0.39 is 0 Å². The molecular formula is C30H34N8O3. The smallest absolute Gasteiger partial charge is 0.332 e. The SMILES string of the molecule is CCn1c(=O)n(CCOC)c(=O)c2c1nc(C1CCCCC1)n2Cc1ccc(-c2ccccc2-c2nnn[nH]2)cc1. The number of fused-ring (bicyclic) bond motifs is 1. The van der Waals surface area contributed by atoms with Crippen molar-refractivity contribution >= 4 is 11.2 Å².